The molecule has 0 aromatic carbocycles. The van der Waals surface area contributed by atoms with E-state index in [1.165, 1.54) is 0 Å². The fourth-order valence-electron chi connectivity index (χ4n) is 0.834. The van der Waals surface area contributed by atoms with Gasteiger partial charge in [-0.05, 0) is 12.8 Å². The van der Waals surface area contributed by atoms with Crippen LogP contribution >= 0.6 is 12.2 Å². The smallest absolute Gasteiger partial charge is 0.412 e. The second kappa shape index (κ2) is 19.5. The van der Waals surface area contributed by atoms with Crippen LogP contribution in [0.3, 0.4) is 0 Å². The van der Waals surface area contributed by atoms with Crippen molar-refractivity contribution >= 4 is 29.2 Å². The normalized spacial score (nSPS) is 6.71. The number of hydrogen-bond acceptors (Lipinski definition) is 2. The van der Waals surface area contributed by atoms with Crippen LogP contribution in [-0.4, -0.2) is 38.7 Å². The van der Waals surface area contributed by atoms with Gasteiger partial charge in [0.15, 0.2) is 0 Å². The van der Waals surface area contributed by atoms with Crippen molar-refractivity contribution in [3.8, 4) is 0 Å². The number of thiocarbonyl (C=S) groups is 1. The predicted octanol–water partition coefficient (Wildman–Crippen LogP) is -3.53. The summed E-state index contributed by atoms with van der Waals surface area (Å²) in [5.74, 6) is 0. The fraction of sp³-hybridized carbons (Fsp3) is 0.857. The maximum Gasteiger partial charge on any atom is 1.00 e. The Labute approximate surface area is 119 Å². The largest absolute Gasteiger partial charge is 1.00 e. The average molecular weight is 253 g/mol. The van der Waals surface area contributed by atoms with Gasteiger partial charge in [-0.1, -0.05) is 18.2 Å². The Morgan fingerprint density at radius 1 is 1.07 bits per heavy atom. The Bertz CT molecular complexity index is 113. The first-order chi connectivity index (χ1) is 4.72. The van der Waals surface area contributed by atoms with Crippen LogP contribution in [-0.2, 0) is 12.6 Å². The zero-order chi connectivity index (χ0) is 7.98. The van der Waals surface area contributed by atoms with Gasteiger partial charge in [0.25, 0.3) is 0 Å². The Morgan fingerprint density at radius 3 is 1.50 bits per heavy atom. The van der Waals surface area contributed by atoms with Crippen LogP contribution in [0.4, 0.5) is 0 Å². The molecule has 0 fully saturated rings. The van der Waals surface area contributed by atoms with Crippen LogP contribution in [0.1, 0.15) is 26.7 Å². The third kappa shape index (κ3) is 15.5. The van der Waals surface area contributed by atoms with E-state index in [4.69, 9.17) is 24.8 Å². The maximum atomic E-state index is 4.89. The van der Waals surface area contributed by atoms with E-state index in [2.05, 4.69) is 18.7 Å². The van der Waals surface area contributed by atoms with Gasteiger partial charge in [-0.3, -0.25) is 0 Å². The molecule has 0 amide bonds. The third-order valence-corrected chi connectivity index (χ3v) is 1.76. The van der Waals surface area contributed by atoms with Gasteiger partial charge in [-0.2, -0.15) is 0 Å². The summed E-state index contributed by atoms with van der Waals surface area (Å²) in [7, 11) is 0. The minimum absolute atomic E-state index is 0. The van der Waals surface area contributed by atoms with E-state index in [0.717, 1.165) is 25.9 Å². The SMILES string of the molecule is CCCN(CCC)C(=S)[S-].O.O.O.[Na+]. The Balaban J connectivity index is -0.0000000675. The molecule has 0 atom stereocenters. The van der Waals surface area contributed by atoms with Crippen molar-refractivity contribution in [2.45, 2.75) is 26.7 Å². The van der Waals surface area contributed by atoms with E-state index in [-0.39, 0.29) is 46.0 Å². The molecule has 4 nitrogen and oxygen atoms in total. The molecule has 0 spiro atoms. The van der Waals surface area contributed by atoms with Crippen molar-refractivity contribution in [1.29, 1.82) is 0 Å². The molecule has 0 unspecified atom stereocenters. The zero-order valence-corrected chi connectivity index (χ0v) is 12.7. The van der Waals surface area contributed by atoms with Gasteiger partial charge < -0.3 is 46.2 Å². The van der Waals surface area contributed by atoms with Gasteiger partial charge in [0.2, 0.25) is 0 Å². The monoisotopic (exact) mass is 253 g/mol. The summed E-state index contributed by atoms with van der Waals surface area (Å²) in [6.45, 7) is 6.29. The molecule has 0 aliphatic rings. The summed E-state index contributed by atoms with van der Waals surface area (Å²) < 4.78 is 0.615. The summed E-state index contributed by atoms with van der Waals surface area (Å²) in [5.41, 5.74) is 0. The van der Waals surface area contributed by atoms with Crippen LogP contribution in [0.5, 0.6) is 0 Å². The van der Waals surface area contributed by atoms with Gasteiger partial charge in [0.1, 0.15) is 0 Å². The minimum atomic E-state index is 0. The van der Waals surface area contributed by atoms with Crippen molar-refractivity contribution in [3.63, 3.8) is 0 Å². The molecule has 0 aromatic heterocycles. The first kappa shape index (κ1) is 29.4. The molecule has 0 aliphatic carbocycles. The molecule has 0 bridgehead atoms. The summed E-state index contributed by atoms with van der Waals surface area (Å²) in [5, 5.41) is 0. The van der Waals surface area contributed by atoms with Crippen LogP contribution in [0, 0.1) is 0 Å². The van der Waals surface area contributed by atoms with E-state index in [1.807, 2.05) is 0 Å². The quantitative estimate of drug-likeness (QED) is 0.295. The summed E-state index contributed by atoms with van der Waals surface area (Å²) in [6.07, 6.45) is 2.24. The Morgan fingerprint density at radius 2 is 1.36 bits per heavy atom. The molecule has 0 radical (unpaired) electrons. The topological polar surface area (TPSA) is 97.7 Å². The van der Waals surface area contributed by atoms with Crippen LogP contribution < -0.4 is 29.6 Å². The van der Waals surface area contributed by atoms with Crippen molar-refractivity contribution in [3.05, 3.63) is 0 Å². The van der Waals surface area contributed by atoms with Crippen LogP contribution in [0.25, 0.3) is 0 Å². The van der Waals surface area contributed by atoms with E-state index in [1.54, 1.807) is 0 Å². The molecule has 0 rings (SSSR count). The number of nitrogens with zero attached hydrogens (tertiary/aromatic N) is 1. The standard InChI is InChI=1S/C7H15NS2.Na.3H2O/c1-3-5-8(6-4-2)7(9)10;;;;/h3-6H2,1-2H3,(H,9,10);;3*1H2/q;+1;;;/p-1. The fourth-order valence-corrected chi connectivity index (χ4v) is 1.20. The summed E-state index contributed by atoms with van der Waals surface area (Å²) >= 11 is 9.78. The molecule has 7 heteroatoms. The van der Waals surface area contributed by atoms with Crippen molar-refractivity contribution in [1.82, 2.24) is 4.90 Å². The second-order valence-corrected chi connectivity index (χ2v) is 3.28. The zero-order valence-electron chi connectivity index (χ0n) is 9.09. The Kier molecular flexibility index (Phi) is 41.0. The van der Waals surface area contributed by atoms with Gasteiger partial charge >= 0.3 is 29.6 Å². The molecule has 6 N–H and O–H groups in total. The molecule has 0 saturated carbocycles. The molecular weight excluding hydrogens is 233 g/mol. The predicted molar refractivity (Wildman–Crippen MR) is 63.0 cm³/mol. The Hall–Kier alpha value is 0.990. The van der Waals surface area contributed by atoms with Gasteiger partial charge in [-0.15, -0.1) is 0 Å². The second-order valence-electron chi connectivity index (χ2n) is 2.25. The summed E-state index contributed by atoms with van der Waals surface area (Å²) in [4.78, 5) is 2.07. The molecule has 0 saturated heterocycles. The van der Waals surface area contributed by atoms with Gasteiger partial charge in [-0.25, -0.2) is 0 Å². The first-order valence-corrected chi connectivity index (χ1v) is 4.50. The average Bonchev–Trinajstić information content (AvgIpc) is 1.87. The number of rotatable bonds is 4. The molecule has 0 aliphatic heterocycles. The van der Waals surface area contributed by atoms with Crippen molar-refractivity contribution in [2.24, 2.45) is 0 Å². The maximum absolute atomic E-state index is 4.89. The summed E-state index contributed by atoms with van der Waals surface area (Å²) in [6, 6.07) is 0. The van der Waals surface area contributed by atoms with E-state index >= 15 is 0 Å². The third-order valence-electron chi connectivity index (χ3n) is 1.25. The molecule has 14 heavy (non-hydrogen) atoms. The van der Waals surface area contributed by atoms with Crippen LogP contribution in [0.2, 0.25) is 0 Å². The first-order valence-electron chi connectivity index (χ1n) is 3.68. The number of hydrogen-bond donors (Lipinski definition) is 0. The van der Waals surface area contributed by atoms with E-state index in [0.29, 0.717) is 4.32 Å². The van der Waals surface area contributed by atoms with E-state index < -0.39 is 0 Å². The molecule has 0 aromatic rings. The van der Waals surface area contributed by atoms with Crippen molar-refractivity contribution < 1.29 is 46.0 Å². The van der Waals surface area contributed by atoms with Crippen molar-refractivity contribution in [2.75, 3.05) is 13.1 Å². The molecular formula is C7H20NNaO3S2. The van der Waals surface area contributed by atoms with Gasteiger partial charge in [0, 0.05) is 13.1 Å². The van der Waals surface area contributed by atoms with E-state index in [9.17, 15) is 0 Å². The molecule has 0 heterocycles. The van der Waals surface area contributed by atoms with Crippen LogP contribution in [0.15, 0.2) is 0 Å². The molecule has 84 valence electrons. The van der Waals surface area contributed by atoms with Gasteiger partial charge in [0.05, 0.1) is 0 Å². The minimum Gasteiger partial charge on any atom is -0.412 e.